The van der Waals surface area contributed by atoms with Crippen molar-refractivity contribution in [2.75, 3.05) is 6.61 Å². The third-order valence-electron chi connectivity index (χ3n) is 6.37. The van der Waals surface area contributed by atoms with Gasteiger partial charge in [-0.2, -0.15) is 0 Å². The Bertz CT molecular complexity index is 985. The maximum absolute atomic E-state index is 12.4. The van der Waals surface area contributed by atoms with Crippen LogP contribution in [0.3, 0.4) is 0 Å². The van der Waals surface area contributed by atoms with Crippen molar-refractivity contribution in [1.82, 2.24) is 10.6 Å². The normalized spacial score (nSPS) is 17.6. The van der Waals surface area contributed by atoms with Gasteiger partial charge in [0.15, 0.2) is 0 Å². The molecule has 0 radical (unpaired) electrons. The molecule has 0 aliphatic heterocycles. The van der Waals surface area contributed by atoms with Crippen LogP contribution in [0.5, 0.6) is 0 Å². The molecule has 0 aromatic heterocycles. The lowest BCUT2D eigenvalue weighted by Crippen LogP contribution is -2.50. The summed E-state index contributed by atoms with van der Waals surface area (Å²) in [4.78, 5) is 36.1. The molecule has 7 nitrogen and oxygen atoms in total. The number of rotatable bonds is 7. The first-order valence-corrected chi connectivity index (χ1v) is 10.5. The zero-order valence-electron chi connectivity index (χ0n) is 17.6. The Morgan fingerprint density at radius 1 is 1.03 bits per heavy atom. The number of carboxylic acids is 1. The second-order valence-corrected chi connectivity index (χ2v) is 8.42. The van der Waals surface area contributed by atoms with E-state index in [1.165, 1.54) is 0 Å². The van der Waals surface area contributed by atoms with E-state index in [-0.39, 0.29) is 12.5 Å². The number of nitrogens with one attached hydrogen (secondary N) is 2. The van der Waals surface area contributed by atoms with Gasteiger partial charge in [-0.1, -0.05) is 55.5 Å². The van der Waals surface area contributed by atoms with Crippen LogP contribution in [-0.4, -0.2) is 41.3 Å². The van der Waals surface area contributed by atoms with E-state index in [0.29, 0.717) is 12.8 Å². The van der Waals surface area contributed by atoms with Gasteiger partial charge in [-0.15, -0.1) is 0 Å². The van der Waals surface area contributed by atoms with Crippen LogP contribution in [0.15, 0.2) is 48.5 Å². The predicted molar refractivity (Wildman–Crippen MR) is 115 cm³/mol. The first kappa shape index (κ1) is 20.9. The lowest BCUT2D eigenvalue weighted by molar-refractivity contribution is -0.143. The van der Waals surface area contributed by atoms with Crippen LogP contribution in [-0.2, 0) is 14.3 Å². The molecule has 31 heavy (non-hydrogen) atoms. The second-order valence-electron chi connectivity index (χ2n) is 8.42. The fourth-order valence-corrected chi connectivity index (χ4v) is 4.05. The zero-order chi connectivity index (χ0) is 22.2. The van der Waals surface area contributed by atoms with Crippen LogP contribution in [0.2, 0.25) is 0 Å². The summed E-state index contributed by atoms with van der Waals surface area (Å²) in [5, 5.41) is 14.5. The molecule has 2 aromatic carbocycles. The smallest absolute Gasteiger partial charge is 0.407 e. The van der Waals surface area contributed by atoms with Gasteiger partial charge in [-0.05, 0) is 42.0 Å². The Hall–Kier alpha value is -3.35. The Balaban J connectivity index is 1.34. The van der Waals surface area contributed by atoms with Crippen LogP contribution < -0.4 is 10.6 Å². The highest BCUT2D eigenvalue weighted by Crippen LogP contribution is 2.44. The van der Waals surface area contributed by atoms with Crippen molar-refractivity contribution in [3.05, 3.63) is 59.7 Å². The molecule has 1 saturated carbocycles. The van der Waals surface area contributed by atoms with E-state index in [4.69, 9.17) is 4.74 Å². The standard InChI is InChI=1S/C24H26N2O5/c1-14(21(27)26-24(11-12-24)22(28)29)15(2)25-23(30)31-13-20-18-9-5-3-7-16(18)17-8-4-6-10-19(17)20/h3-10,14-15,20H,11-13H2,1-2H3,(H,25,30)(H,26,27)(H,28,29). The van der Waals surface area contributed by atoms with Crippen molar-refractivity contribution in [2.24, 2.45) is 5.92 Å². The molecule has 2 unspecified atom stereocenters. The van der Waals surface area contributed by atoms with Gasteiger partial charge in [0.1, 0.15) is 12.1 Å². The van der Waals surface area contributed by atoms with Crippen LogP contribution in [0.25, 0.3) is 11.1 Å². The van der Waals surface area contributed by atoms with Crippen LogP contribution in [0.4, 0.5) is 4.79 Å². The molecule has 0 heterocycles. The molecule has 7 heteroatoms. The number of carboxylic acid groups (broad SMARTS) is 1. The van der Waals surface area contributed by atoms with Gasteiger partial charge in [-0.3, -0.25) is 4.79 Å². The average molecular weight is 422 g/mol. The maximum Gasteiger partial charge on any atom is 0.407 e. The molecule has 3 N–H and O–H groups in total. The van der Waals surface area contributed by atoms with Crippen molar-refractivity contribution in [3.63, 3.8) is 0 Å². The number of carbonyl (C=O) groups excluding carboxylic acids is 2. The Labute approximate surface area is 180 Å². The largest absolute Gasteiger partial charge is 0.480 e. The number of carbonyl (C=O) groups is 3. The summed E-state index contributed by atoms with van der Waals surface area (Å²) in [6.45, 7) is 3.54. The molecule has 2 aromatic rings. The number of alkyl carbamates (subject to hydrolysis) is 1. The molecule has 2 amide bonds. The molecule has 2 aliphatic carbocycles. The minimum absolute atomic E-state index is 0.0422. The summed E-state index contributed by atoms with van der Waals surface area (Å²) >= 11 is 0. The van der Waals surface area contributed by atoms with Crippen molar-refractivity contribution < 1.29 is 24.2 Å². The summed E-state index contributed by atoms with van der Waals surface area (Å²) in [5.74, 6) is -2.06. The molecule has 0 spiro atoms. The summed E-state index contributed by atoms with van der Waals surface area (Å²) in [6, 6.07) is 15.7. The lowest BCUT2D eigenvalue weighted by atomic mass is 9.98. The van der Waals surface area contributed by atoms with E-state index in [9.17, 15) is 19.5 Å². The van der Waals surface area contributed by atoms with E-state index in [0.717, 1.165) is 22.3 Å². The number of hydrogen-bond donors (Lipinski definition) is 3. The summed E-state index contributed by atoms with van der Waals surface area (Å²) in [5.41, 5.74) is 3.41. The zero-order valence-corrected chi connectivity index (χ0v) is 17.6. The Morgan fingerprint density at radius 2 is 1.58 bits per heavy atom. The quantitative estimate of drug-likeness (QED) is 0.635. The van der Waals surface area contributed by atoms with Crippen molar-refractivity contribution in [1.29, 1.82) is 0 Å². The molecule has 2 aliphatic rings. The molecule has 162 valence electrons. The minimum Gasteiger partial charge on any atom is -0.480 e. The van der Waals surface area contributed by atoms with Gasteiger partial charge >= 0.3 is 12.1 Å². The third-order valence-corrected chi connectivity index (χ3v) is 6.37. The van der Waals surface area contributed by atoms with Crippen molar-refractivity contribution >= 4 is 18.0 Å². The van der Waals surface area contributed by atoms with Crippen LogP contribution >= 0.6 is 0 Å². The molecule has 2 atom stereocenters. The Kier molecular flexibility index (Phi) is 5.43. The molecular weight excluding hydrogens is 396 g/mol. The number of amides is 2. The van der Waals surface area contributed by atoms with Gasteiger partial charge < -0.3 is 20.5 Å². The topological polar surface area (TPSA) is 105 Å². The molecule has 1 fully saturated rings. The fourth-order valence-electron chi connectivity index (χ4n) is 4.05. The van der Waals surface area contributed by atoms with Gasteiger partial charge in [-0.25, -0.2) is 9.59 Å². The van der Waals surface area contributed by atoms with E-state index >= 15 is 0 Å². The van der Waals surface area contributed by atoms with Crippen molar-refractivity contribution in [2.45, 2.75) is 44.2 Å². The average Bonchev–Trinajstić information content (AvgIpc) is 3.48. The first-order chi connectivity index (χ1) is 14.8. The first-order valence-electron chi connectivity index (χ1n) is 10.5. The van der Waals surface area contributed by atoms with Gasteiger partial charge in [0.05, 0.1) is 5.92 Å². The summed E-state index contributed by atoms with van der Waals surface area (Å²) in [6.07, 6.45) is 0.248. The molecular formula is C24H26N2O5. The molecule has 0 bridgehead atoms. The number of aliphatic carboxylic acids is 1. The number of benzene rings is 2. The second kappa shape index (κ2) is 8.06. The van der Waals surface area contributed by atoms with Gasteiger partial charge in [0, 0.05) is 12.0 Å². The molecule has 0 saturated heterocycles. The number of fused-ring (bicyclic) bond motifs is 3. The van der Waals surface area contributed by atoms with Gasteiger partial charge in [0.25, 0.3) is 0 Å². The highest BCUT2D eigenvalue weighted by molar-refractivity contribution is 5.90. The lowest BCUT2D eigenvalue weighted by Gasteiger charge is -2.23. The fraction of sp³-hybridized carbons (Fsp3) is 0.375. The SMILES string of the molecule is CC(NC(=O)OCC1c2ccccc2-c2ccccc21)C(C)C(=O)NC1(C(=O)O)CC1. The van der Waals surface area contributed by atoms with E-state index in [2.05, 4.69) is 22.8 Å². The Morgan fingerprint density at radius 3 is 2.10 bits per heavy atom. The highest BCUT2D eigenvalue weighted by atomic mass is 16.5. The summed E-state index contributed by atoms with van der Waals surface area (Å²) < 4.78 is 5.52. The van der Waals surface area contributed by atoms with Crippen molar-refractivity contribution in [3.8, 4) is 11.1 Å². The van der Waals surface area contributed by atoms with Crippen LogP contribution in [0.1, 0.15) is 43.7 Å². The third kappa shape index (κ3) is 4.00. The van der Waals surface area contributed by atoms with Gasteiger partial charge in [0.2, 0.25) is 5.91 Å². The molecule has 4 rings (SSSR count). The highest BCUT2D eigenvalue weighted by Gasteiger charge is 2.52. The van der Waals surface area contributed by atoms with E-state index < -0.39 is 35.5 Å². The maximum atomic E-state index is 12.4. The van der Waals surface area contributed by atoms with E-state index in [1.54, 1.807) is 13.8 Å². The number of ether oxygens (including phenoxy) is 1. The number of hydrogen-bond acceptors (Lipinski definition) is 4. The minimum atomic E-state index is -1.14. The van der Waals surface area contributed by atoms with Crippen LogP contribution in [0, 0.1) is 5.92 Å². The van der Waals surface area contributed by atoms with E-state index in [1.807, 2.05) is 36.4 Å². The predicted octanol–water partition coefficient (Wildman–Crippen LogP) is 3.28. The summed E-state index contributed by atoms with van der Waals surface area (Å²) in [7, 11) is 0. The monoisotopic (exact) mass is 422 g/mol.